The largest absolute Gasteiger partial charge is 0.384 e. The minimum Gasteiger partial charge on any atom is -0.384 e. The van der Waals surface area contributed by atoms with Gasteiger partial charge in [-0.05, 0) is 49.2 Å². The fourth-order valence-corrected chi connectivity index (χ4v) is 3.47. The number of anilines is 2. The van der Waals surface area contributed by atoms with Crippen LogP contribution in [0, 0.1) is 13.8 Å². The van der Waals surface area contributed by atoms with Gasteiger partial charge in [0.2, 0.25) is 5.91 Å². The SMILES string of the molecule is Cc1cccc(N2CCN(C(=O)CCNc3cccc(Cl)c3C)CC2)c1. The Bertz CT molecular complexity index is 770. The van der Waals surface area contributed by atoms with Crippen molar-refractivity contribution in [2.45, 2.75) is 20.3 Å². The Morgan fingerprint density at radius 2 is 1.81 bits per heavy atom. The topological polar surface area (TPSA) is 35.6 Å². The number of rotatable bonds is 5. The van der Waals surface area contributed by atoms with Crippen LogP contribution in [0.3, 0.4) is 0 Å². The average molecular weight is 372 g/mol. The molecule has 1 N–H and O–H groups in total. The number of amides is 1. The molecule has 3 rings (SSSR count). The number of hydrogen-bond acceptors (Lipinski definition) is 3. The van der Waals surface area contributed by atoms with Crippen molar-refractivity contribution in [2.24, 2.45) is 0 Å². The molecule has 0 aromatic heterocycles. The lowest BCUT2D eigenvalue weighted by molar-refractivity contribution is -0.131. The van der Waals surface area contributed by atoms with E-state index in [-0.39, 0.29) is 5.91 Å². The fraction of sp³-hybridized carbons (Fsp3) is 0.381. The summed E-state index contributed by atoms with van der Waals surface area (Å²) < 4.78 is 0. The van der Waals surface area contributed by atoms with Crippen LogP contribution in [-0.4, -0.2) is 43.5 Å². The van der Waals surface area contributed by atoms with E-state index >= 15 is 0 Å². The maximum absolute atomic E-state index is 12.5. The molecule has 0 bridgehead atoms. The van der Waals surface area contributed by atoms with Gasteiger partial charge in [-0.25, -0.2) is 0 Å². The van der Waals surface area contributed by atoms with Crippen LogP contribution in [0.5, 0.6) is 0 Å². The fourth-order valence-electron chi connectivity index (χ4n) is 3.30. The molecule has 4 nitrogen and oxygen atoms in total. The van der Waals surface area contributed by atoms with E-state index in [0.717, 1.165) is 42.5 Å². The molecule has 1 aliphatic rings. The molecular weight excluding hydrogens is 346 g/mol. The van der Waals surface area contributed by atoms with Gasteiger partial charge in [-0.2, -0.15) is 0 Å². The number of benzene rings is 2. The molecule has 1 fully saturated rings. The number of piperazine rings is 1. The molecule has 26 heavy (non-hydrogen) atoms. The van der Waals surface area contributed by atoms with E-state index in [0.29, 0.717) is 13.0 Å². The van der Waals surface area contributed by atoms with E-state index in [2.05, 4.69) is 41.4 Å². The van der Waals surface area contributed by atoms with Crippen LogP contribution in [0.4, 0.5) is 11.4 Å². The second-order valence-electron chi connectivity index (χ2n) is 6.80. The third kappa shape index (κ3) is 4.50. The summed E-state index contributed by atoms with van der Waals surface area (Å²) >= 11 is 6.13. The summed E-state index contributed by atoms with van der Waals surface area (Å²) in [5.41, 5.74) is 4.53. The highest BCUT2D eigenvalue weighted by molar-refractivity contribution is 6.31. The van der Waals surface area contributed by atoms with E-state index in [4.69, 9.17) is 11.6 Å². The molecule has 2 aromatic rings. The van der Waals surface area contributed by atoms with E-state index in [9.17, 15) is 4.79 Å². The van der Waals surface area contributed by atoms with Crippen LogP contribution in [0.1, 0.15) is 17.5 Å². The number of nitrogens with zero attached hydrogens (tertiary/aromatic N) is 2. The highest BCUT2D eigenvalue weighted by Gasteiger charge is 2.21. The first-order valence-corrected chi connectivity index (χ1v) is 9.51. The normalized spacial score (nSPS) is 14.4. The molecule has 1 saturated heterocycles. The lowest BCUT2D eigenvalue weighted by Crippen LogP contribution is -2.49. The van der Waals surface area contributed by atoms with Crippen LogP contribution in [-0.2, 0) is 4.79 Å². The summed E-state index contributed by atoms with van der Waals surface area (Å²) in [6.07, 6.45) is 0.496. The molecule has 5 heteroatoms. The molecule has 0 atom stereocenters. The van der Waals surface area contributed by atoms with Crippen LogP contribution in [0.25, 0.3) is 0 Å². The van der Waals surface area contributed by atoms with Crippen molar-refractivity contribution in [1.29, 1.82) is 0 Å². The highest BCUT2D eigenvalue weighted by atomic mass is 35.5. The van der Waals surface area contributed by atoms with Crippen LogP contribution >= 0.6 is 11.6 Å². The predicted molar refractivity (Wildman–Crippen MR) is 109 cm³/mol. The molecule has 0 aliphatic carbocycles. The highest BCUT2D eigenvalue weighted by Crippen LogP contribution is 2.23. The van der Waals surface area contributed by atoms with E-state index in [1.807, 2.05) is 30.0 Å². The van der Waals surface area contributed by atoms with Crippen LogP contribution in [0.15, 0.2) is 42.5 Å². The Kier molecular flexibility index (Phi) is 6.04. The molecule has 0 unspecified atom stereocenters. The average Bonchev–Trinajstić information content (AvgIpc) is 2.65. The zero-order chi connectivity index (χ0) is 18.5. The number of nitrogens with one attached hydrogen (secondary N) is 1. The maximum atomic E-state index is 12.5. The lowest BCUT2D eigenvalue weighted by Gasteiger charge is -2.36. The van der Waals surface area contributed by atoms with Gasteiger partial charge in [0, 0.05) is 55.5 Å². The van der Waals surface area contributed by atoms with Crippen LogP contribution < -0.4 is 10.2 Å². The smallest absolute Gasteiger partial charge is 0.224 e. The first-order chi connectivity index (χ1) is 12.5. The van der Waals surface area contributed by atoms with Gasteiger partial charge in [0.25, 0.3) is 0 Å². The molecular formula is C21H26ClN3O. The van der Waals surface area contributed by atoms with Gasteiger partial charge in [0.05, 0.1) is 0 Å². The third-order valence-corrected chi connectivity index (χ3v) is 5.33. The number of halogens is 1. The second-order valence-corrected chi connectivity index (χ2v) is 7.20. The summed E-state index contributed by atoms with van der Waals surface area (Å²) in [4.78, 5) is 16.8. The first kappa shape index (κ1) is 18.6. The number of carbonyl (C=O) groups excluding carboxylic acids is 1. The van der Waals surface area contributed by atoms with Crippen molar-refractivity contribution >= 4 is 28.9 Å². The molecule has 0 radical (unpaired) electrons. The Morgan fingerprint density at radius 1 is 1.08 bits per heavy atom. The number of hydrogen-bond donors (Lipinski definition) is 1. The van der Waals surface area contributed by atoms with Gasteiger partial charge in [0.15, 0.2) is 0 Å². The Labute approximate surface area is 160 Å². The summed E-state index contributed by atoms with van der Waals surface area (Å²) in [5, 5.41) is 4.07. The van der Waals surface area contributed by atoms with E-state index in [1.54, 1.807) is 0 Å². The Morgan fingerprint density at radius 3 is 2.54 bits per heavy atom. The van der Waals surface area contributed by atoms with Crippen molar-refractivity contribution in [3.8, 4) is 0 Å². The van der Waals surface area contributed by atoms with Gasteiger partial charge < -0.3 is 15.1 Å². The van der Waals surface area contributed by atoms with Crippen molar-refractivity contribution in [3.05, 3.63) is 58.6 Å². The first-order valence-electron chi connectivity index (χ1n) is 9.13. The van der Waals surface area contributed by atoms with Crippen molar-refractivity contribution in [2.75, 3.05) is 42.9 Å². The summed E-state index contributed by atoms with van der Waals surface area (Å²) in [7, 11) is 0. The van der Waals surface area contributed by atoms with Crippen molar-refractivity contribution in [1.82, 2.24) is 4.90 Å². The zero-order valence-corrected chi connectivity index (χ0v) is 16.2. The van der Waals surface area contributed by atoms with Crippen molar-refractivity contribution in [3.63, 3.8) is 0 Å². The predicted octanol–water partition coefficient (Wildman–Crippen LogP) is 4.11. The van der Waals surface area contributed by atoms with Crippen molar-refractivity contribution < 1.29 is 4.79 Å². The lowest BCUT2D eigenvalue weighted by atomic mass is 10.2. The number of carbonyl (C=O) groups is 1. The zero-order valence-electron chi connectivity index (χ0n) is 15.5. The standard InChI is InChI=1S/C21H26ClN3O/c1-16-5-3-6-18(15-16)24-11-13-25(14-12-24)21(26)9-10-23-20-8-4-7-19(22)17(20)2/h3-8,15,23H,9-14H2,1-2H3. The molecule has 1 heterocycles. The van der Waals surface area contributed by atoms with E-state index < -0.39 is 0 Å². The number of aryl methyl sites for hydroxylation is 1. The monoisotopic (exact) mass is 371 g/mol. The van der Waals surface area contributed by atoms with Crippen LogP contribution in [0.2, 0.25) is 5.02 Å². The summed E-state index contributed by atoms with van der Waals surface area (Å²) in [6.45, 7) is 8.05. The molecule has 0 saturated carbocycles. The summed E-state index contributed by atoms with van der Waals surface area (Å²) in [6, 6.07) is 14.3. The maximum Gasteiger partial charge on any atom is 0.224 e. The van der Waals surface area contributed by atoms with Gasteiger partial charge in [-0.15, -0.1) is 0 Å². The van der Waals surface area contributed by atoms with Gasteiger partial charge in [0.1, 0.15) is 0 Å². The molecule has 138 valence electrons. The Balaban J connectivity index is 1.46. The molecule has 1 amide bonds. The van der Waals surface area contributed by atoms with Gasteiger partial charge >= 0.3 is 0 Å². The van der Waals surface area contributed by atoms with Gasteiger partial charge in [-0.1, -0.05) is 29.8 Å². The summed E-state index contributed by atoms with van der Waals surface area (Å²) in [5.74, 6) is 0.209. The minimum absolute atomic E-state index is 0.209. The van der Waals surface area contributed by atoms with E-state index in [1.165, 1.54) is 11.3 Å². The second kappa shape index (κ2) is 8.45. The molecule has 0 spiro atoms. The minimum atomic E-state index is 0.209. The molecule has 2 aromatic carbocycles. The Hall–Kier alpha value is -2.20. The molecule has 1 aliphatic heterocycles. The quantitative estimate of drug-likeness (QED) is 0.859. The third-order valence-electron chi connectivity index (χ3n) is 4.92. The van der Waals surface area contributed by atoms with Gasteiger partial charge in [-0.3, -0.25) is 4.79 Å².